The van der Waals surface area contributed by atoms with E-state index in [1.165, 1.54) is 31.4 Å². The highest BCUT2D eigenvalue weighted by atomic mass is 28.4. The number of benzene rings is 1. The van der Waals surface area contributed by atoms with E-state index in [4.69, 9.17) is 13.9 Å². The minimum atomic E-state index is -1.62. The molecule has 6 heteroatoms. The third kappa shape index (κ3) is 4.07. The molecule has 2 atom stereocenters. The number of halogens is 1. The van der Waals surface area contributed by atoms with E-state index in [0.717, 1.165) is 37.8 Å². The fourth-order valence-corrected chi connectivity index (χ4v) is 6.88. The zero-order chi connectivity index (χ0) is 19.8. The number of rotatable bonds is 7. The molecule has 0 radical (unpaired) electrons. The standard InChI is InChI=1S/C22H34FNO3Si/c1-28(2,3)27-21-12-4-6-20(11-14-21)24(21)15-5-13-22(25-16-17-26-22)18-7-9-19(23)10-8-18/h7-10,20H,4-6,11-17H2,1-3H3. The van der Waals surface area contributed by atoms with Crippen molar-refractivity contribution in [2.75, 3.05) is 19.8 Å². The molecule has 0 N–H and O–H groups in total. The first kappa shape index (κ1) is 20.5. The van der Waals surface area contributed by atoms with Crippen molar-refractivity contribution in [1.82, 2.24) is 4.90 Å². The van der Waals surface area contributed by atoms with Crippen molar-refractivity contribution in [3.63, 3.8) is 0 Å². The van der Waals surface area contributed by atoms with Crippen LogP contribution in [0.2, 0.25) is 19.6 Å². The molecule has 3 heterocycles. The van der Waals surface area contributed by atoms with E-state index >= 15 is 0 Å². The van der Waals surface area contributed by atoms with Gasteiger partial charge in [-0.3, -0.25) is 4.90 Å². The summed E-state index contributed by atoms with van der Waals surface area (Å²) in [5.74, 6) is -0.956. The molecular weight excluding hydrogens is 373 g/mol. The third-order valence-electron chi connectivity index (χ3n) is 6.38. The van der Waals surface area contributed by atoms with Crippen molar-refractivity contribution in [2.45, 2.75) is 82.1 Å². The monoisotopic (exact) mass is 407 g/mol. The van der Waals surface area contributed by atoms with Crippen LogP contribution in [0.15, 0.2) is 24.3 Å². The first-order valence-electron chi connectivity index (χ1n) is 10.8. The number of hydrogen-bond acceptors (Lipinski definition) is 4. The quantitative estimate of drug-likeness (QED) is 0.595. The lowest BCUT2D eigenvalue weighted by atomic mass is 9.97. The topological polar surface area (TPSA) is 30.9 Å². The van der Waals surface area contributed by atoms with Crippen LogP contribution < -0.4 is 0 Å². The SMILES string of the molecule is C[Si](C)(C)OC12CCCC(CC1)N2CCCC1(c2ccc(F)cc2)OCCO1. The number of fused-ring (bicyclic) bond motifs is 2. The molecule has 3 aliphatic rings. The van der Waals surface area contributed by atoms with Gasteiger partial charge in [-0.1, -0.05) is 12.1 Å². The van der Waals surface area contributed by atoms with Gasteiger partial charge in [0.1, 0.15) is 11.5 Å². The van der Waals surface area contributed by atoms with E-state index in [2.05, 4.69) is 24.5 Å². The minimum absolute atomic E-state index is 0.0478. The lowest BCUT2D eigenvalue weighted by molar-refractivity contribution is -0.175. The maximum Gasteiger partial charge on any atom is 0.195 e. The van der Waals surface area contributed by atoms with Gasteiger partial charge in [-0.25, -0.2) is 4.39 Å². The van der Waals surface area contributed by atoms with Crippen LogP contribution in [-0.4, -0.2) is 44.7 Å². The molecule has 1 aromatic rings. The molecule has 3 aliphatic heterocycles. The Balaban J connectivity index is 1.45. The number of nitrogens with zero attached hydrogens (tertiary/aromatic N) is 1. The molecule has 2 bridgehead atoms. The van der Waals surface area contributed by atoms with E-state index in [-0.39, 0.29) is 11.5 Å². The first-order valence-corrected chi connectivity index (χ1v) is 14.2. The van der Waals surface area contributed by atoms with Crippen LogP contribution in [0.25, 0.3) is 0 Å². The summed E-state index contributed by atoms with van der Waals surface area (Å²) >= 11 is 0. The Morgan fingerprint density at radius 2 is 1.82 bits per heavy atom. The predicted octanol–water partition coefficient (Wildman–Crippen LogP) is 5.00. The van der Waals surface area contributed by atoms with Crippen LogP contribution >= 0.6 is 0 Å². The molecular formula is C22H34FNO3Si. The van der Waals surface area contributed by atoms with Crippen LogP contribution in [-0.2, 0) is 19.7 Å². The Morgan fingerprint density at radius 1 is 1.11 bits per heavy atom. The van der Waals surface area contributed by atoms with Crippen molar-refractivity contribution in [3.05, 3.63) is 35.6 Å². The molecule has 156 valence electrons. The number of hydrogen-bond donors (Lipinski definition) is 0. The van der Waals surface area contributed by atoms with Crippen LogP contribution in [0.3, 0.4) is 0 Å². The molecule has 0 amide bonds. The summed E-state index contributed by atoms with van der Waals surface area (Å²) < 4.78 is 32.2. The van der Waals surface area contributed by atoms with Gasteiger partial charge in [0.15, 0.2) is 14.1 Å². The summed E-state index contributed by atoms with van der Waals surface area (Å²) in [7, 11) is -1.62. The van der Waals surface area contributed by atoms with Gasteiger partial charge >= 0.3 is 0 Å². The van der Waals surface area contributed by atoms with Crippen molar-refractivity contribution >= 4 is 8.32 Å². The minimum Gasteiger partial charge on any atom is -0.400 e. The Morgan fingerprint density at radius 3 is 2.50 bits per heavy atom. The Bertz CT molecular complexity index is 667. The highest BCUT2D eigenvalue weighted by molar-refractivity contribution is 6.69. The van der Waals surface area contributed by atoms with Crippen LogP contribution in [0, 0.1) is 5.82 Å². The van der Waals surface area contributed by atoms with Gasteiger partial charge in [0.05, 0.1) is 13.2 Å². The number of ether oxygens (including phenoxy) is 2. The second kappa shape index (κ2) is 7.80. The fraction of sp³-hybridized carbons (Fsp3) is 0.727. The van der Waals surface area contributed by atoms with Gasteiger partial charge in [-0.2, -0.15) is 0 Å². The molecule has 3 saturated heterocycles. The van der Waals surface area contributed by atoms with Gasteiger partial charge in [0.2, 0.25) is 0 Å². The lowest BCUT2D eigenvalue weighted by Crippen LogP contribution is -2.56. The fourth-order valence-electron chi connectivity index (χ4n) is 5.42. The molecule has 4 rings (SSSR count). The van der Waals surface area contributed by atoms with Crippen molar-refractivity contribution in [2.24, 2.45) is 0 Å². The van der Waals surface area contributed by atoms with Crippen LogP contribution in [0.4, 0.5) is 4.39 Å². The summed E-state index contributed by atoms with van der Waals surface area (Å²) in [5, 5.41) is 0. The van der Waals surface area contributed by atoms with Crippen molar-refractivity contribution in [1.29, 1.82) is 0 Å². The maximum absolute atomic E-state index is 13.4. The summed E-state index contributed by atoms with van der Waals surface area (Å²) in [6.07, 6.45) is 7.89. The zero-order valence-corrected chi connectivity index (χ0v) is 18.5. The van der Waals surface area contributed by atoms with Gasteiger partial charge in [0.25, 0.3) is 0 Å². The molecule has 4 nitrogen and oxygen atoms in total. The maximum atomic E-state index is 13.4. The first-order chi connectivity index (χ1) is 13.3. The highest BCUT2D eigenvalue weighted by Gasteiger charge is 2.51. The predicted molar refractivity (Wildman–Crippen MR) is 110 cm³/mol. The molecule has 28 heavy (non-hydrogen) atoms. The molecule has 2 unspecified atom stereocenters. The molecule has 0 saturated carbocycles. The van der Waals surface area contributed by atoms with E-state index in [9.17, 15) is 4.39 Å². The molecule has 1 aromatic carbocycles. The summed E-state index contributed by atoms with van der Waals surface area (Å²) in [6.45, 7) is 9.08. The largest absolute Gasteiger partial charge is 0.400 e. The van der Waals surface area contributed by atoms with Crippen LogP contribution in [0.5, 0.6) is 0 Å². The third-order valence-corrected chi connectivity index (χ3v) is 7.37. The van der Waals surface area contributed by atoms with Crippen molar-refractivity contribution in [3.8, 4) is 0 Å². The molecule has 0 aliphatic carbocycles. The summed E-state index contributed by atoms with van der Waals surface area (Å²) in [4.78, 5) is 2.65. The normalized spacial score (nSPS) is 30.1. The van der Waals surface area contributed by atoms with E-state index in [1.807, 2.05) is 0 Å². The van der Waals surface area contributed by atoms with Gasteiger partial charge in [-0.05, 0) is 70.3 Å². The molecule has 0 spiro atoms. The van der Waals surface area contributed by atoms with Crippen LogP contribution in [0.1, 0.15) is 50.5 Å². The average Bonchev–Trinajstić information content (AvgIpc) is 3.16. The second-order valence-electron chi connectivity index (χ2n) is 9.50. The molecule has 0 aromatic heterocycles. The van der Waals surface area contributed by atoms with E-state index in [1.54, 1.807) is 12.1 Å². The second-order valence-corrected chi connectivity index (χ2v) is 13.9. The summed E-state index contributed by atoms with van der Waals surface area (Å²) in [6, 6.07) is 7.22. The van der Waals surface area contributed by atoms with Gasteiger partial charge in [0, 0.05) is 24.6 Å². The van der Waals surface area contributed by atoms with E-state index in [0.29, 0.717) is 19.3 Å². The Kier molecular flexibility index (Phi) is 5.70. The zero-order valence-electron chi connectivity index (χ0n) is 17.5. The summed E-state index contributed by atoms with van der Waals surface area (Å²) in [5.41, 5.74) is 0.870. The smallest absolute Gasteiger partial charge is 0.195 e. The average molecular weight is 408 g/mol. The lowest BCUT2D eigenvalue weighted by Gasteiger charge is -2.48. The number of piperidine rings is 1. The molecule has 3 fully saturated rings. The van der Waals surface area contributed by atoms with Gasteiger partial charge in [-0.15, -0.1) is 0 Å². The highest BCUT2D eigenvalue weighted by Crippen LogP contribution is 2.47. The Labute approximate surface area is 169 Å². The van der Waals surface area contributed by atoms with E-state index < -0.39 is 14.1 Å². The van der Waals surface area contributed by atoms with Gasteiger partial charge < -0.3 is 13.9 Å². The Hall–Kier alpha value is -0.793. The van der Waals surface area contributed by atoms with Crippen molar-refractivity contribution < 1.29 is 18.3 Å².